The quantitative estimate of drug-likeness (QED) is 0.706. The zero-order valence-corrected chi connectivity index (χ0v) is 6.75. The number of nitrogens with one attached hydrogen (secondary N) is 1. The van der Waals surface area contributed by atoms with E-state index in [2.05, 4.69) is 20.2 Å². The van der Waals surface area contributed by atoms with Crippen LogP contribution >= 0.6 is 11.6 Å². The van der Waals surface area contributed by atoms with Crippen LogP contribution in [0, 0.1) is 0 Å². The predicted molar refractivity (Wildman–Crippen MR) is 43.0 cm³/mol. The molecule has 0 saturated heterocycles. The van der Waals surface area contributed by atoms with Gasteiger partial charge in [0.2, 0.25) is 0 Å². The molecule has 0 bridgehead atoms. The molecule has 0 amide bonds. The van der Waals surface area contributed by atoms with Crippen LogP contribution in [0.5, 0.6) is 5.88 Å². The third-order valence-electron chi connectivity index (χ3n) is 1.40. The third kappa shape index (κ3) is 1.08. The summed E-state index contributed by atoms with van der Waals surface area (Å²) in [5.41, 5.74) is 1.43. The Morgan fingerprint density at radius 3 is 3.33 bits per heavy atom. The second kappa shape index (κ2) is 2.94. The van der Waals surface area contributed by atoms with E-state index >= 15 is 0 Å². The summed E-state index contributed by atoms with van der Waals surface area (Å²) in [6.45, 7) is 0. The Labute approximate surface area is 72.7 Å². The number of hydrogen-bond acceptors (Lipinski definition) is 4. The largest absolute Gasteiger partial charge is 0.459 e. The summed E-state index contributed by atoms with van der Waals surface area (Å²) in [5.74, 6) is 0.375. The van der Waals surface area contributed by atoms with Gasteiger partial charge in [0.1, 0.15) is 11.0 Å². The lowest BCUT2D eigenvalue weighted by atomic mass is 10.5. The molecule has 0 aromatic carbocycles. The Hall–Kier alpha value is -1.36. The molecule has 2 aromatic rings. The second-order valence-corrected chi connectivity index (χ2v) is 2.28. The van der Waals surface area contributed by atoms with Crippen molar-refractivity contribution >= 4 is 22.6 Å². The maximum Gasteiger partial charge on any atom is 0.260 e. The van der Waals surface area contributed by atoms with Crippen LogP contribution in [0.3, 0.4) is 0 Å². The summed E-state index contributed by atoms with van der Waals surface area (Å²) in [6.07, 6.45) is 3.10. The molecule has 0 aliphatic heterocycles. The molecule has 0 saturated carbocycles. The van der Waals surface area contributed by atoms with Crippen molar-refractivity contribution in [2.75, 3.05) is 6.07 Å². The summed E-state index contributed by atoms with van der Waals surface area (Å²) in [5, 5.41) is 7.43. The first-order chi connectivity index (χ1) is 5.92. The minimum absolute atomic E-state index is 0.0484. The number of imidazole rings is 1. The van der Waals surface area contributed by atoms with Crippen molar-refractivity contribution in [3.63, 3.8) is 0 Å². The predicted octanol–water partition coefficient (Wildman–Crippen LogP) is 0.928. The van der Waals surface area contributed by atoms with Crippen molar-refractivity contribution < 1.29 is 4.74 Å². The average molecular weight is 185 g/mol. The van der Waals surface area contributed by atoms with Gasteiger partial charge >= 0.3 is 0 Å². The van der Waals surface area contributed by atoms with Crippen LogP contribution in [-0.4, -0.2) is 26.2 Å². The van der Waals surface area contributed by atoms with Crippen LogP contribution in [0.2, 0.25) is 0 Å². The maximum atomic E-state index is 5.38. The second-order valence-electron chi connectivity index (χ2n) is 2.07. The van der Waals surface area contributed by atoms with Gasteiger partial charge in [-0.25, -0.2) is 4.98 Å². The van der Waals surface area contributed by atoms with Gasteiger partial charge in [-0.3, -0.25) is 0 Å². The molecule has 0 spiro atoms. The number of fused-ring (bicyclic) bond motifs is 1. The zero-order chi connectivity index (χ0) is 8.39. The highest BCUT2D eigenvalue weighted by Crippen LogP contribution is 2.17. The van der Waals surface area contributed by atoms with Gasteiger partial charge in [-0.15, -0.1) is 5.10 Å². The Bertz CT molecular complexity index is 388. The first-order valence-electron chi connectivity index (χ1n) is 3.25. The number of aromatic nitrogens is 4. The summed E-state index contributed by atoms with van der Waals surface area (Å²) in [6, 6.07) is 0.0484. The normalized spacial score (nSPS) is 10.4. The topological polar surface area (TPSA) is 63.7 Å². The van der Waals surface area contributed by atoms with Crippen LogP contribution in [-0.2, 0) is 0 Å². The molecule has 2 aromatic heterocycles. The lowest BCUT2D eigenvalue weighted by Crippen LogP contribution is -1.94. The standard InChI is InChI=1S/C6H5ClN4O/c7-2-12-6-5-4(1-10-11-6)8-3-9-5/h1,3H,2H2,(H,8,9). The zero-order valence-electron chi connectivity index (χ0n) is 5.99. The molecule has 12 heavy (non-hydrogen) atoms. The highest BCUT2D eigenvalue weighted by molar-refractivity contribution is 6.17. The van der Waals surface area contributed by atoms with E-state index in [4.69, 9.17) is 16.3 Å². The van der Waals surface area contributed by atoms with Gasteiger partial charge in [-0.2, -0.15) is 5.10 Å². The SMILES string of the molecule is ClCOc1nncc2nc[nH]c12. The molecule has 0 atom stereocenters. The highest BCUT2D eigenvalue weighted by Gasteiger charge is 2.04. The number of halogens is 1. The number of ether oxygens (including phenoxy) is 1. The number of rotatable bonds is 2. The Kier molecular flexibility index (Phi) is 1.79. The lowest BCUT2D eigenvalue weighted by Gasteiger charge is -1.98. The fourth-order valence-corrected chi connectivity index (χ4v) is 1.02. The van der Waals surface area contributed by atoms with E-state index in [1.165, 1.54) is 0 Å². The molecule has 0 aliphatic carbocycles. The summed E-state index contributed by atoms with van der Waals surface area (Å²) < 4.78 is 5.00. The highest BCUT2D eigenvalue weighted by atomic mass is 35.5. The molecular formula is C6H5ClN4O. The smallest absolute Gasteiger partial charge is 0.260 e. The van der Waals surface area contributed by atoms with E-state index in [0.717, 1.165) is 0 Å². The fraction of sp³-hybridized carbons (Fsp3) is 0.167. The van der Waals surface area contributed by atoms with E-state index < -0.39 is 0 Å². The van der Waals surface area contributed by atoms with Gasteiger partial charge in [0.05, 0.1) is 12.5 Å². The summed E-state index contributed by atoms with van der Waals surface area (Å²) in [7, 11) is 0. The number of nitrogens with zero attached hydrogens (tertiary/aromatic N) is 3. The molecule has 0 fully saturated rings. The van der Waals surface area contributed by atoms with Gasteiger partial charge in [-0.1, -0.05) is 11.6 Å². The van der Waals surface area contributed by atoms with E-state index in [1.807, 2.05) is 0 Å². The molecule has 1 N–H and O–H groups in total. The van der Waals surface area contributed by atoms with E-state index in [-0.39, 0.29) is 6.07 Å². The Morgan fingerprint density at radius 2 is 2.50 bits per heavy atom. The number of aromatic amines is 1. The van der Waals surface area contributed by atoms with Gasteiger partial charge in [0.25, 0.3) is 5.88 Å². The van der Waals surface area contributed by atoms with E-state index in [0.29, 0.717) is 16.9 Å². The molecule has 0 radical (unpaired) electrons. The molecule has 62 valence electrons. The van der Waals surface area contributed by atoms with Crippen LogP contribution < -0.4 is 4.74 Å². The van der Waals surface area contributed by atoms with Crippen LogP contribution in [0.4, 0.5) is 0 Å². The van der Waals surface area contributed by atoms with Crippen molar-refractivity contribution in [2.24, 2.45) is 0 Å². The molecule has 0 aliphatic rings. The van der Waals surface area contributed by atoms with Crippen molar-refractivity contribution in [3.8, 4) is 5.88 Å². The average Bonchev–Trinajstić information content (AvgIpc) is 2.53. The van der Waals surface area contributed by atoms with Crippen molar-refractivity contribution in [1.29, 1.82) is 0 Å². The van der Waals surface area contributed by atoms with Crippen molar-refractivity contribution in [3.05, 3.63) is 12.5 Å². The number of hydrogen-bond donors (Lipinski definition) is 1. The molecule has 6 heteroatoms. The fourth-order valence-electron chi connectivity index (χ4n) is 0.913. The molecule has 2 heterocycles. The van der Waals surface area contributed by atoms with Crippen LogP contribution in [0.25, 0.3) is 11.0 Å². The number of H-pyrrole nitrogens is 1. The Morgan fingerprint density at radius 1 is 1.58 bits per heavy atom. The van der Waals surface area contributed by atoms with Crippen molar-refractivity contribution in [2.45, 2.75) is 0 Å². The Balaban J connectivity index is 2.57. The van der Waals surface area contributed by atoms with E-state index in [9.17, 15) is 0 Å². The minimum Gasteiger partial charge on any atom is -0.459 e. The molecular weight excluding hydrogens is 180 g/mol. The molecule has 2 rings (SSSR count). The first kappa shape index (κ1) is 7.30. The lowest BCUT2D eigenvalue weighted by molar-refractivity contribution is 0.371. The maximum absolute atomic E-state index is 5.38. The van der Waals surface area contributed by atoms with Gasteiger partial charge in [0, 0.05) is 0 Å². The summed E-state index contributed by atoms with van der Waals surface area (Å²) >= 11 is 5.38. The van der Waals surface area contributed by atoms with Gasteiger partial charge < -0.3 is 9.72 Å². The van der Waals surface area contributed by atoms with E-state index in [1.54, 1.807) is 12.5 Å². The number of alkyl halides is 1. The van der Waals surface area contributed by atoms with Gasteiger partial charge in [0.15, 0.2) is 6.07 Å². The van der Waals surface area contributed by atoms with Crippen LogP contribution in [0.15, 0.2) is 12.5 Å². The van der Waals surface area contributed by atoms with Gasteiger partial charge in [-0.05, 0) is 0 Å². The monoisotopic (exact) mass is 184 g/mol. The van der Waals surface area contributed by atoms with Crippen molar-refractivity contribution in [1.82, 2.24) is 20.2 Å². The molecule has 5 nitrogen and oxygen atoms in total. The third-order valence-corrected chi connectivity index (χ3v) is 1.51. The molecule has 0 unspecified atom stereocenters. The summed E-state index contributed by atoms with van der Waals surface area (Å²) in [4.78, 5) is 6.86. The minimum atomic E-state index is 0.0484. The first-order valence-corrected chi connectivity index (χ1v) is 3.79. The van der Waals surface area contributed by atoms with Crippen LogP contribution in [0.1, 0.15) is 0 Å².